The second-order valence-electron chi connectivity index (χ2n) is 1.01. The van der Waals surface area contributed by atoms with Crippen molar-refractivity contribution in [2.75, 3.05) is 0 Å². The molecular weight excluding hydrogens is 287 g/mol. The Bertz CT molecular complexity index is 212. The van der Waals surface area contributed by atoms with Crippen LogP contribution < -0.4 is 0 Å². The van der Waals surface area contributed by atoms with E-state index in [0.717, 1.165) is 20.2 Å². The fourth-order valence-corrected chi connectivity index (χ4v) is 0. The molecule has 0 fully saturated rings. The van der Waals surface area contributed by atoms with Crippen molar-refractivity contribution in [1.82, 2.24) is 0 Å². The van der Waals surface area contributed by atoms with E-state index in [1.165, 1.54) is 0 Å². The summed E-state index contributed by atoms with van der Waals surface area (Å²) in [5.74, 6) is 0. The maximum Gasteiger partial charge on any atom is 0.394 e. The van der Waals surface area contributed by atoms with Crippen molar-refractivity contribution in [3.8, 4) is 0 Å². The van der Waals surface area contributed by atoms with Gasteiger partial charge in [-0.15, -0.1) is 0 Å². The summed E-state index contributed by atoms with van der Waals surface area (Å²) in [4.78, 5) is 15.4. The standard InChI is InChI=1S/Mo.H3O4P.H2O4S/c;2*1-5(2,3)4/h;(H3,1,2,3,4);(H2,1,2,3,4)/q+1;;/p-1. The van der Waals surface area contributed by atoms with E-state index in [2.05, 4.69) is 3.18 Å². The normalized spacial score (nSPS) is 11.6. The monoisotopic (exact) mass is 293 g/mol. The quantitative estimate of drug-likeness (QED) is 0.271. The molecule has 0 radical (unpaired) electrons. The molecule has 0 aromatic rings. The van der Waals surface area contributed by atoms with Crippen molar-refractivity contribution < 1.29 is 55.2 Å². The first kappa shape index (κ1) is 14.2. The molecule has 0 heterocycles. The van der Waals surface area contributed by atoms with Crippen LogP contribution in [0.3, 0.4) is 0 Å². The third-order valence-corrected chi connectivity index (χ3v) is 1.72. The van der Waals surface area contributed by atoms with Crippen LogP contribution in [-0.4, -0.2) is 27.3 Å². The van der Waals surface area contributed by atoms with E-state index in [-0.39, 0.29) is 0 Å². The minimum absolute atomic E-state index is 0.883. The predicted octanol–water partition coefficient (Wildman–Crippen LogP) is -1.10. The molecule has 0 spiro atoms. The minimum Gasteiger partial charge on any atom is -0.264 e. The van der Waals surface area contributed by atoms with Gasteiger partial charge in [0.2, 0.25) is 0 Å². The zero-order chi connectivity index (χ0) is 9.71. The third-order valence-electron chi connectivity index (χ3n) is 0.0971. The van der Waals surface area contributed by atoms with Crippen LogP contribution in [0.25, 0.3) is 0 Å². The Labute approximate surface area is 73.7 Å². The fourth-order valence-electron chi connectivity index (χ4n) is 0. The van der Waals surface area contributed by atoms with Gasteiger partial charge in [-0.05, 0) is 0 Å². The molecule has 11 heteroatoms. The molecule has 0 atom stereocenters. The fraction of sp³-hybridized carbons (Fsp3) is 0. The first-order valence-electron chi connectivity index (χ1n) is 1.63. The summed E-state index contributed by atoms with van der Waals surface area (Å²) in [6.45, 7) is 0. The number of phosphoric acid groups is 1. The van der Waals surface area contributed by atoms with Gasteiger partial charge in [-0.3, -0.25) is 9.11 Å². The second-order valence-corrected chi connectivity index (χ2v) is 4.14. The van der Waals surface area contributed by atoms with Crippen molar-refractivity contribution in [2.45, 2.75) is 0 Å². The Kier molecular flexibility index (Phi) is 6.89. The molecule has 0 saturated heterocycles. The molecule has 0 aliphatic heterocycles. The molecule has 0 aliphatic rings. The first-order chi connectivity index (χ1) is 4.56. The molecule has 0 aromatic heterocycles. The Morgan fingerprint density at radius 2 is 1.36 bits per heavy atom. The molecule has 0 bridgehead atoms. The maximum atomic E-state index is 9.47. The van der Waals surface area contributed by atoms with E-state index in [1.54, 1.807) is 0 Å². The van der Waals surface area contributed by atoms with Gasteiger partial charge in [-0.1, -0.05) is 0 Å². The average molecular weight is 291 g/mol. The Hall–Kier alpha value is 0.668. The third kappa shape index (κ3) is 59.6. The minimum atomic E-state index is -4.67. The van der Waals surface area contributed by atoms with Crippen molar-refractivity contribution in [1.29, 1.82) is 0 Å². The summed E-state index contributed by atoms with van der Waals surface area (Å²) in [7, 11) is -8.81. The van der Waals surface area contributed by atoms with Crippen LogP contribution in [-0.2, 0) is 38.3 Å². The zero-order valence-corrected chi connectivity index (χ0v) is 8.40. The van der Waals surface area contributed by atoms with Gasteiger partial charge in [0, 0.05) is 0 Å². The first-order valence-corrected chi connectivity index (χ1v) is 5.38. The molecule has 0 saturated carbocycles. The van der Waals surface area contributed by atoms with E-state index in [4.69, 9.17) is 27.3 Å². The van der Waals surface area contributed by atoms with Gasteiger partial charge >= 0.3 is 55.9 Å². The Morgan fingerprint density at radius 3 is 1.36 bits per heavy atom. The molecular formula is H4MoO8PS. The molecule has 4 N–H and O–H groups in total. The second kappa shape index (κ2) is 5.34. The van der Waals surface area contributed by atoms with Crippen LogP contribution in [0, 0.1) is 0 Å². The van der Waals surface area contributed by atoms with Gasteiger partial charge in [0.15, 0.2) is 0 Å². The van der Waals surface area contributed by atoms with E-state index >= 15 is 0 Å². The summed E-state index contributed by atoms with van der Waals surface area (Å²) >= 11 is 0.883. The molecule has 0 aromatic carbocycles. The summed E-state index contributed by atoms with van der Waals surface area (Å²) in [5.41, 5.74) is 0. The Morgan fingerprint density at radius 1 is 1.27 bits per heavy atom. The Balaban J connectivity index is 0. The maximum absolute atomic E-state index is 9.47. The van der Waals surface area contributed by atoms with Crippen LogP contribution in [0.15, 0.2) is 0 Å². The molecule has 0 amide bonds. The van der Waals surface area contributed by atoms with Crippen molar-refractivity contribution in [3.63, 3.8) is 0 Å². The van der Waals surface area contributed by atoms with Gasteiger partial charge in [0.05, 0.1) is 0 Å². The van der Waals surface area contributed by atoms with Crippen molar-refractivity contribution in [3.05, 3.63) is 0 Å². The van der Waals surface area contributed by atoms with E-state index < -0.39 is 18.2 Å². The van der Waals surface area contributed by atoms with Gasteiger partial charge < -0.3 is 0 Å². The van der Waals surface area contributed by atoms with Gasteiger partial charge in [-0.25, -0.2) is 0 Å². The number of hydrogen-bond donors (Lipinski definition) is 4. The summed E-state index contributed by atoms with van der Waals surface area (Å²) < 4.78 is 44.7. The molecule has 0 rings (SSSR count). The molecule has 11 heavy (non-hydrogen) atoms. The van der Waals surface area contributed by atoms with Crippen LogP contribution >= 0.6 is 7.82 Å². The topological polar surface area (TPSA) is 141 Å². The largest absolute Gasteiger partial charge is 0.394 e. The van der Waals surface area contributed by atoms with Gasteiger partial charge in [-0.2, -0.15) is 8.42 Å². The van der Waals surface area contributed by atoms with E-state index in [1.807, 2.05) is 0 Å². The van der Waals surface area contributed by atoms with Crippen molar-refractivity contribution >= 4 is 18.2 Å². The zero-order valence-electron chi connectivity index (χ0n) is 4.69. The molecule has 8 nitrogen and oxygen atoms in total. The number of hydrogen-bond acceptors (Lipinski definition) is 4. The molecule has 0 unspecified atom stereocenters. The SMILES string of the molecule is O=P(O)(O)[O][Mo].O=S(=O)(O)O. The van der Waals surface area contributed by atoms with Crippen LogP contribution in [0.2, 0.25) is 0 Å². The summed E-state index contributed by atoms with van der Waals surface area (Å²) in [6.07, 6.45) is 0. The van der Waals surface area contributed by atoms with E-state index in [0.29, 0.717) is 0 Å². The van der Waals surface area contributed by atoms with E-state index in [9.17, 15) is 4.57 Å². The predicted molar refractivity (Wildman–Crippen MR) is 27.3 cm³/mol. The number of rotatable bonds is 1. The van der Waals surface area contributed by atoms with Crippen LogP contribution in [0.1, 0.15) is 0 Å². The van der Waals surface area contributed by atoms with Crippen LogP contribution in [0.4, 0.5) is 0 Å². The molecule has 0 aliphatic carbocycles. The molecule has 69 valence electrons. The summed E-state index contributed by atoms with van der Waals surface area (Å²) in [6, 6.07) is 0. The van der Waals surface area contributed by atoms with Crippen LogP contribution in [0.5, 0.6) is 0 Å². The van der Waals surface area contributed by atoms with Crippen molar-refractivity contribution in [2.24, 2.45) is 0 Å². The summed E-state index contributed by atoms with van der Waals surface area (Å²) in [5, 5.41) is 0. The van der Waals surface area contributed by atoms with Gasteiger partial charge in [0.25, 0.3) is 0 Å². The van der Waals surface area contributed by atoms with Gasteiger partial charge in [0.1, 0.15) is 0 Å². The average Bonchev–Trinajstić information content (AvgIpc) is 1.59. The smallest absolute Gasteiger partial charge is 0.264 e.